The lowest BCUT2D eigenvalue weighted by atomic mass is 10.1. The molecule has 35 heavy (non-hydrogen) atoms. The molecule has 2 aromatic rings. The number of anilines is 1. The summed E-state index contributed by atoms with van der Waals surface area (Å²) in [5, 5.41) is 3.66. The predicted octanol–water partition coefficient (Wildman–Crippen LogP) is 5.16. The number of rotatable bonds is 10. The lowest BCUT2D eigenvalue weighted by molar-refractivity contribution is -0.139. The van der Waals surface area contributed by atoms with Crippen molar-refractivity contribution in [2.45, 2.75) is 52.7 Å². The summed E-state index contributed by atoms with van der Waals surface area (Å²) in [7, 11) is -3.81. The molecule has 0 bridgehead atoms. The average Bonchev–Trinajstić information content (AvgIpc) is 2.77. The molecule has 1 N–H and O–H groups in total. The Balaban J connectivity index is 2.44. The molecule has 192 valence electrons. The molecule has 0 unspecified atom stereocenters. The number of benzene rings is 2. The van der Waals surface area contributed by atoms with E-state index in [9.17, 15) is 18.0 Å². The van der Waals surface area contributed by atoms with Crippen LogP contribution in [0.25, 0.3) is 0 Å². The number of hydrogen-bond acceptors (Lipinski definition) is 4. The zero-order valence-electron chi connectivity index (χ0n) is 20.3. The van der Waals surface area contributed by atoms with Gasteiger partial charge in [0.25, 0.3) is 0 Å². The standard InChI is InChI=1S/C24H30BrCl2N3O4S/c1-6-16(3)28-24(32)17(4)29(13-18-7-8-19(26)12-22(18)27)23(31)14-30(35(5,33)34)20-9-10-21(25)15(2)11-20/h7-12,16-17H,6,13-14H2,1-5H3,(H,28,32)/t16-,17-/m1/s1. The van der Waals surface area contributed by atoms with Gasteiger partial charge in [0.2, 0.25) is 21.8 Å². The fourth-order valence-corrected chi connectivity index (χ4v) is 4.84. The molecule has 0 saturated heterocycles. The van der Waals surface area contributed by atoms with Crippen LogP contribution in [0.3, 0.4) is 0 Å². The Kier molecular flexibility index (Phi) is 10.4. The summed E-state index contributed by atoms with van der Waals surface area (Å²) in [6, 6.07) is 8.93. The maximum absolute atomic E-state index is 13.6. The first kappa shape index (κ1) is 29.4. The van der Waals surface area contributed by atoms with Crippen molar-refractivity contribution in [3.8, 4) is 0 Å². The highest BCUT2D eigenvalue weighted by molar-refractivity contribution is 9.10. The van der Waals surface area contributed by atoms with Crippen molar-refractivity contribution in [1.82, 2.24) is 10.2 Å². The lowest BCUT2D eigenvalue weighted by Gasteiger charge is -2.32. The summed E-state index contributed by atoms with van der Waals surface area (Å²) < 4.78 is 27.2. The minimum Gasteiger partial charge on any atom is -0.352 e. The number of hydrogen-bond donors (Lipinski definition) is 1. The van der Waals surface area contributed by atoms with Crippen LogP contribution in [0.5, 0.6) is 0 Å². The first-order valence-electron chi connectivity index (χ1n) is 11.0. The molecule has 0 heterocycles. The number of halogens is 3. The summed E-state index contributed by atoms with van der Waals surface area (Å²) in [6.07, 6.45) is 1.76. The second-order valence-electron chi connectivity index (χ2n) is 8.45. The Morgan fingerprint density at radius 2 is 1.77 bits per heavy atom. The molecule has 2 aromatic carbocycles. The van der Waals surface area contributed by atoms with Crippen molar-refractivity contribution in [2.75, 3.05) is 17.1 Å². The number of aryl methyl sites for hydroxylation is 1. The second-order valence-corrected chi connectivity index (χ2v) is 12.1. The molecule has 0 fully saturated rings. The average molecular weight is 607 g/mol. The van der Waals surface area contributed by atoms with Gasteiger partial charge in [-0.05, 0) is 68.7 Å². The zero-order chi connectivity index (χ0) is 26.5. The van der Waals surface area contributed by atoms with E-state index >= 15 is 0 Å². The lowest BCUT2D eigenvalue weighted by Crippen LogP contribution is -2.52. The van der Waals surface area contributed by atoms with Crippen LogP contribution in [-0.2, 0) is 26.2 Å². The molecule has 2 atom stereocenters. The fourth-order valence-electron chi connectivity index (χ4n) is 3.28. The Hall–Kier alpha value is -1.81. The maximum Gasteiger partial charge on any atom is 0.244 e. The maximum atomic E-state index is 13.6. The normalized spacial score (nSPS) is 13.1. The fraction of sp³-hybridized carbons (Fsp3) is 0.417. The Bertz CT molecular complexity index is 1190. The number of amides is 2. The smallest absolute Gasteiger partial charge is 0.244 e. The van der Waals surface area contributed by atoms with E-state index in [0.29, 0.717) is 21.3 Å². The van der Waals surface area contributed by atoms with E-state index in [4.69, 9.17) is 23.2 Å². The summed E-state index contributed by atoms with van der Waals surface area (Å²) >= 11 is 15.8. The number of nitrogens with one attached hydrogen (secondary N) is 1. The molecular formula is C24H30BrCl2N3O4S. The molecule has 2 rings (SSSR count). The minimum absolute atomic E-state index is 0.000889. The van der Waals surface area contributed by atoms with E-state index in [1.165, 1.54) is 4.90 Å². The Morgan fingerprint density at radius 1 is 1.11 bits per heavy atom. The predicted molar refractivity (Wildman–Crippen MR) is 145 cm³/mol. The van der Waals surface area contributed by atoms with Crippen LogP contribution in [-0.4, -0.2) is 50.0 Å². The van der Waals surface area contributed by atoms with Crippen molar-refractivity contribution in [3.63, 3.8) is 0 Å². The van der Waals surface area contributed by atoms with Gasteiger partial charge in [-0.2, -0.15) is 0 Å². The molecule has 7 nitrogen and oxygen atoms in total. The highest BCUT2D eigenvalue weighted by Crippen LogP contribution is 2.26. The van der Waals surface area contributed by atoms with Gasteiger partial charge in [-0.25, -0.2) is 8.42 Å². The van der Waals surface area contributed by atoms with E-state index in [1.807, 2.05) is 20.8 Å². The summed E-state index contributed by atoms with van der Waals surface area (Å²) in [6.45, 7) is 6.76. The summed E-state index contributed by atoms with van der Waals surface area (Å²) in [5.74, 6) is -0.892. The quantitative estimate of drug-likeness (QED) is 0.405. The van der Waals surface area contributed by atoms with Gasteiger partial charge in [0.15, 0.2) is 0 Å². The first-order chi connectivity index (χ1) is 16.2. The van der Waals surface area contributed by atoms with Crippen LogP contribution in [0, 0.1) is 6.92 Å². The SMILES string of the molecule is CC[C@@H](C)NC(=O)[C@@H](C)N(Cc1ccc(Cl)cc1Cl)C(=O)CN(c1ccc(Br)c(C)c1)S(C)(=O)=O. The van der Waals surface area contributed by atoms with Gasteiger partial charge < -0.3 is 10.2 Å². The van der Waals surface area contributed by atoms with E-state index in [2.05, 4.69) is 21.2 Å². The second kappa shape index (κ2) is 12.4. The third kappa shape index (κ3) is 8.10. The molecule has 0 spiro atoms. The molecular weight excluding hydrogens is 577 g/mol. The molecule has 2 amide bonds. The number of carbonyl (C=O) groups excluding carboxylic acids is 2. The van der Waals surface area contributed by atoms with Crippen LogP contribution in [0.15, 0.2) is 40.9 Å². The van der Waals surface area contributed by atoms with Crippen molar-refractivity contribution in [1.29, 1.82) is 0 Å². The Morgan fingerprint density at radius 3 is 2.31 bits per heavy atom. The van der Waals surface area contributed by atoms with Crippen LogP contribution in [0.4, 0.5) is 5.69 Å². The van der Waals surface area contributed by atoms with E-state index in [0.717, 1.165) is 27.0 Å². The monoisotopic (exact) mass is 605 g/mol. The van der Waals surface area contributed by atoms with Gasteiger partial charge in [0, 0.05) is 27.1 Å². The Labute approximate surface area is 225 Å². The van der Waals surface area contributed by atoms with Gasteiger partial charge in [0.1, 0.15) is 12.6 Å². The highest BCUT2D eigenvalue weighted by Gasteiger charge is 2.31. The van der Waals surface area contributed by atoms with Crippen molar-refractivity contribution >= 4 is 66.7 Å². The number of nitrogens with zero attached hydrogens (tertiary/aromatic N) is 2. The van der Waals surface area contributed by atoms with Gasteiger partial charge in [-0.1, -0.05) is 52.1 Å². The molecule has 0 aliphatic rings. The molecule has 0 aromatic heterocycles. The number of sulfonamides is 1. The number of carbonyl (C=O) groups is 2. The third-order valence-corrected chi connectivity index (χ3v) is 8.25. The minimum atomic E-state index is -3.81. The van der Waals surface area contributed by atoms with E-state index in [1.54, 1.807) is 43.3 Å². The van der Waals surface area contributed by atoms with Crippen molar-refractivity contribution in [2.24, 2.45) is 0 Å². The molecule has 0 radical (unpaired) electrons. The topological polar surface area (TPSA) is 86.8 Å². The van der Waals surface area contributed by atoms with Crippen LogP contribution >= 0.6 is 39.1 Å². The summed E-state index contributed by atoms with van der Waals surface area (Å²) in [4.78, 5) is 27.8. The van der Waals surface area contributed by atoms with Crippen LogP contribution < -0.4 is 9.62 Å². The van der Waals surface area contributed by atoms with E-state index < -0.39 is 28.5 Å². The zero-order valence-corrected chi connectivity index (χ0v) is 24.2. The van der Waals surface area contributed by atoms with Gasteiger partial charge in [-0.15, -0.1) is 0 Å². The molecule has 11 heteroatoms. The summed E-state index contributed by atoms with van der Waals surface area (Å²) in [5.41, 5.74) is 1.75. The van der Waals surface area contributed by atoms with Crippen molar-refractivity contribution in [3.05, 3.63) is 62.0 Å². The van der Waals surface area contributed by atoms with E-state index in [-0.39, 0.29) is 18.5 Å². The largest absolute Gasteiger partial charge is 0.352 e. The first-order valence-corrected chi connectivity index (χ1v) is 14.4. The third-order valence-electron chi connectivity index (χ3n) is 5.63. The highest BCUT2D eigenvalue weighted by atomic mass is 79.9. The molecule has 0 saturated carbocycles. The van der Waals surface area contributed by atoms with Gasteiger partial charge in [0.05, 0.1) is 11.9 Å². The van der Waals surface area contributed by atoms with Crippen LogP contribution in [0.2, 0.25) is 10.0 Å². The van der Waals surface area contributed by atoms with Gasteiger partial charge >= 0.3 is 0 Å². The molecule has 0 aliphatic heterocycles. The molecule has 0 aliphatic carbocycles. The van der Waals surface area contributed by atoms with Gasteiger partial charge in [-0.3, -0.25) is 13.9 Å². The van der Waals surface area contributed by atoms with Crippen molar-refractivity contribution < 1.29 is 18.0 Å². The van der Waals surface area contributed by atoms with Crippen LogP contribution in [0.1, 0.15) is 38.3 Å².